The number of nitrogens with zero attached hydrogens (tertiary/aromatic N) is 1. The number of nitrogens with one attached hydrogen (secondary N) is 1. The van der Waals surface area contributed by atoms with Gasteiger partial charge in [-0.2, -0.15) is 0 Å². The number of hydrogen-bond acceptors (Lipinski definition) is 5. The van der Waals surface area contributed by atoms with Crippen molar-refractivity contribution in [2.24, 2.45) is 5.73 Å². The SMILES string of the molecule is CC(C)(C)OC(=O)NCCC(CN)N1CCOC(C)(C)C1. The average Bonchev–Trinajstić information content (AvgIpc) is 2.31. The van der Waals surface area contributed by atoms with E-state index in [4.69, 9.17) is 15.2 Å². The van der Waals surface area contributed by atoms with Crippen molar-refractivity contribution in [2.75, 3.05) is 32.8 Å². The molecular weight excluding hydrogens is 270 g/mol. The van der Waals surface area contributed by atoms with Crippen LogP contribution in [0.15, 0.2) is 0 Å². The third-order valence-corrected chi connectivity index (χ3v) is 3.39. The van der Waals surface area contributed by atoms with Crippen molar-refractivity contribution in [3.05, 3.63) is 0 Å². The van der Waals surface area contributed by atoms with E-state index in [1.807, 2.05) is 20.8 Å². The highest BCUT2D eigenvalue weighted by molar-refractivity contribution is 5.67. The number of carbonyl (C=O) groups is 1. The first-order chi connectivity index (χ1) is 9.63. The molecule has 1 amide bonds. The van der Waals surface area contributed by atoms with Gasteiger partial charge in [-0.05, 0) is 41.0 Å². The maximum absolute atomic E-state index is 11.6. The summed E-state index contributed by atoms with van der Waals surface area (Å²) in [6.45, 7) is 13.3. The predicted octanol–water partition coefficient (Wildman–Crippen LogP) is 1.34. The van der Waals surface area contributed by atoms with Crippen LogP contribution in [0.4, 0.5) is 4.79 Å². The van der Waals surface area contributed by atoms with Gasteiger partial charge < -0.3 is 20.5 Å². The largest absolute Gasteiger partial charge is 0.444 e. The van der Waals surface area contributed by atoms with Gasteiger partial charge in [0.2, 0.25) is 0 Å². The minimum Gasteiger partial charge on any atom is -0.444 e. The highest BCUT2D eigenvalue weighted by Crippen LogP contribution is 2.19. The Kier molecular flexibility index (Phi) is 6.43. The number of amides is 1. The van der Waals surface area contributed by atoms with Gasteiger partial charge in [-0.3, -0.25) is 4.90 Å². The summed E-state index contributed by atoms with van der Waals surface area (Å²) < 4.78 is 10.9. The van der Waals surface area contributed by atoms with Crippen molar-refractivity contribution in [3.8, 4) is 0 Å². The summed E-state index contributed by atoms with van der Waals surface area (Å²) in [5.74, 6) is 0. The second-order valence-corrected chi connectivity index (χ2v) is 7.19. The molecule has 6 heteroatoms. The van der Waals surface area contributed by atoms with Crippen molar-refractivity contribution in [3.63, 3.8) is 0 Å². The number of carbonyl (C=O) groups excluding carboxylic acids is 1. The molecule has 1 rings (SSSR count). The zero-order chi connectivity index (χ0) is 16.1. The fraction of sp³-hybridized carbons (Fsp3) is 0.933. The fourth-order valence-corrected chi connectivity index (χ4v) is 2.47. The maximum Gasteiger partial charge on any atom is 0.407 e. The lowest BCUT2D eigenvalue weighted by Crippen LogP contribution is -2.54. The Hall–Kier alpha value is -0.850. The monoisotopic (exact) mass is 301 g/mol. The molecular formula is C15H31N3O3. The average molecular weight is 301 g/mol. The van der Waals surface area contributed by atoms with E-state index in [9.17, 15) is 4.79 Å². The van der Waals surface area contributed by atoms with Crippen LogP contribution >= 0.6 is 0 Å². The molecule has 0 aliphatic carbocycles. The molecule has 0 aromatic rings. The molecule has 1 atom stereocenters. The van der Waals surface area contributed by atoms with Crippen molar-refractivity contribution in [2.45, 2.75) is 58.3 Å². The highest BCUT2D eigenvalue weighted by atomic mass is 16.6. The zero-order valence-electron chi connectivity index (χ0n) is 14.1. The number of rotatable bonds is 5. The molecule has 1 aliphatic heterocycles. The summed E-state index contributed by atoms with van der Waals surface area (Å²) in [5.41, 5.74) is 5.28. The van der Waals surface area contributed by atoms with Gasteiger partial charge in [0.05, 0.1) is 12.2 Å². The normalized spacial score (nSPS) is 20.9. The van der Waals surface area contributed by atoms with Gasteiger partial charge in [0, 0.05) is 32.2 Å². The quantitative estimate of drug-likeness (QED) is 0.801. The summed E-state index contributed by atoms with van der Waals surface area (Å²) in [7, 11) is 0. The Balaban J connectivity index is 2.36. The molecule has 0 saturated carbocycles. The van der Waals surface area contributed by atoms with Crippen LogP contribution in [0.5, 0.6) is 0 Å². The first-order valence-corrected chi connectivity index (χ1v) is 7.68. The number of hydrogen-bond donors (Lipinski definition) is 2. The van der Waals surface area contributed by atoms with Crippen molar-refractivity contribution in [1.82, 2.24) is 10.2 Å². The van der Waals surface area contributed by atoms with Crippen LogP contribution in [0.25, 0.3) is 0 Å². The first-order valence-electron chi connectivity index (χ1n) is 7.68. The lowest BCUT2D eigenvalue weighted by Gasteiger charge is -2.42. The van der Waals surface area contributed by atoms with Gasteiger partial charge in [-0.25, -0.2) is 4.79 Å². The molecule has 0 bridgehead atoms. The topological polar surface area (TPSA) is 76.8 Å². The molecule has 6 nitrogen and oxygen atoms in total. The van der Waals surface area contributed by atoms with E-state index in [2.05, 4.69) is 24.1 Å². The van der Waals surface area contributed by atoms with Crippen molar-refractivity contribution >= 4 is 6.09 Å². The molecule has 1 unspecified atom stereocenters. The third kappa shape index (κ3) is 7.11. The minimum atomic E-state index is -0.467. The Bertz CT molecular complexity index is 340. The standard InChI is InChI=1S/C15H31N3O3/c1-14(2,3)21-13(19)17-7-6-12(10-16)18-8-9-20-15(4,5)11-18/h12H,6-11,16H2,1-5H3,(H,17,19). The molecule has 3 N–H and O–H groups in total. The van der Waals surface area contributed by atoms with Crippen LogP contribution in [0, 0.1) is 0 Å². The van der Waals surface area contributed by atoms with E-state index in [0.717, 1.165) is 26.1 Å². The van der Waals surface area contributed by atoms with Gasteiger partial charge in [0.1, 0.15) is 5.60 Å². The van der Waals surface area contributed by atoms with E-state index < -0.39 is 5.60 Å². The van der Waals surface area contributed by atoms with Crippen LogP contribution in [0.1, 0.15) is 41.0 Å². The summed E-state index contributed by atoms with van der Waals surface area (Å²) in [5, 5.41) is 2.79. The van der Waals surface area contributed by atoms with E-state index in [1.165, 1.54) is 0 Å². The lowest BCUT2D eigenvalue weighted by molar-refractivity contribution is -0.0967. The van der Waals surface area contributed by atoms with Crippen LogP contribution in [0.2, 0.25) is 0 Å². The second kappa shape index (κ2) is 7.42. The number of alkyl carbamates (subject to hydrolysis) is 1. The third-order valence-electron chi connectivity index (χ3n) is 3.39. The van der Waals surface area contributed by atoms with Crippen molar-refractivity contribution < 1.29 is 14.3 Å². The van der Waals surface area contributed by atoms with E-state index in [0.29, 0.717) is 13.1 Å². The predicted molar refractivity (Wildman–Crippen MR) is 83.3 cm³/mol. The number of ether oxygens (including phenoxy) is 2. The van der Waals surface area contributed by atoms with E-state index in [-0.39, 0.29) is 17.7 Å². The van der Waals surface area contributed by atoms with Gasteiger partial charge in [-0.15, -0.1) is 0 Å². The molecule has 0 aromatic carbocycles. The van der Waals surface area contributed by atoms with Gasteiger partial charge in [0.15, 0.2) is 0 Å². The summed E-state index contributed by atoms with van der Waals surface area (Å²) >= 11 is 0. The van der Waals surface area contributed by atoms with E-state index in [1.54, 1.807) is 0 Å². The van der Waals surface area contributed by atoms with Gasteiger partial charge in [-0.1, -0.05) is 0 Å². The Labute approximate surface area is 128 Å². The summed E-state index contributed by atoms with van der Waals surface area (Å²) in [6.07, 6.45) is 0.437. The van der Waals surface area contributed by atoms with Crippen LogP contribution in [0.3, 0.4) is 0 Å². The number of nitrogens with two attached hydrogens (primary N) is 1. The number of morpholine rings is 1. The zero-order valence-corrected chi connectivity index (χ0v) is 14.1. The van der Waals surface area contributed by atoms with Crippen LogP contribution in [-0.4, -0.2) is 61.0 Å². The summed E-state index contributed by atoms with van der Waals surface area (Å²) in [6, 6.07) is 0.253. The molecule has 0 aromatic heterocycles. The van der Waals surface area contributed by atoms with E-state index >= 15 is 0 Å². The fourth-order valence-electron chi connectivity index (χ4n) is 2.47. The molecule has 0 spiro atoms. The van der Waals surface area contributed by atoms with Gasteiger partial charge in [0.25, 0.3) is 0 Å². The molecule has 1 aliphatic rings. The first kappa shape index (κ1) is 18.2. The van der Waals surface area contributed by atoms with Crippen molar-refractivity contribution in [1.29, 1.82) is 0 Å². The Morgan fingerprint density at radius 2 is 2.14 bits per heavy atom. The maximum atomic E-state index is 11.6. The minimum absolute atomic E-state index is 0.135. The Morgan fingerprint density at radius 3 is 2.67 bits per heavy atom. The summed E-state index contributed by atoms with van der Waals surface area (Å²) in [4.78, 5) is 14.0. The second-order valence-electron chi connectivity index (χ2n) is 7.19. The highest BCUT2D eigenvalue weighted by Gasteiger charge is 2.30. The molecule has 1 heterocycles. The smallest absolute Gasteiger partial charge is 0.407 e. The Morgan fingerprint density at radius 1 is 1.48 bits per heavy atom. The molecule has 1 saturated heterocycles. The molecule has 21 heavy (non-hydrogen) atoms. The van der Waals surface area contributed by atoms with Crippen LogP contribution in [-0.2, 0) is 9.47 Å². The molecule has 1 fully saturated rings. The van der Waals surface area contributed by atoms with Crippen LogP contribution < -0.4 is 11.1 Å². The molecule has 124 valence electrons. The van der Waals surface area contributed by atoms with Gasteiger partial charge >= 0.3 is 6.09 Å². The lowest BCUT2D eigenvalue weighted by atomic mass is 10.0. The molecule has 0 radical (unpaired) electrons.